The second-order valence-corrected chi connectivity index (χ2v) is 12.8. The zero-order chi connectivity index (χ0) is 35.9. The predicted molar refractivity (Wildman–Crippen MR) is 198 cm³/mol. The van der Waals surface area contributed by atoms with E-state index in [1.165, 1.54) is 6.33 Å². The first-order valence-corrected chi connectivity index (χ1v) is 18.2. The number of nitrogens with zero attached hydrogens (tertiary/aromatic N) is 4. The van der Waals surface area contributed by atoms with Crippen LogP contribution in [0.1, 0.15) is 45.2 Å². The van der Waals surface area contributed by atoms with Gasteiger partial charge < -0.3 is 44.0 Å². The summed E-state index contributed by atoms with van der Waals surface area (Å²) in [6.45, 7) is 11.9. The third-order valence-electron chi connectivity index (χ3n) is 8.39. The van der Waals surface area contributed by atoms with Gasteiger partial charge in [0.15, 0.2) is 0 Å². The molecule has 1 aromatic carbocycles. The van der Waals surface area contributed by atoms with Crippen molar-refractivity contribution in [3.63, 3.8) is 0 Å². The molecule has 4 rings (SSSR count). The fourth-order valence-electron chi connectivity index (χ4n) is 5.44. The van der Waals surface area contributed by atoms with E-state index in [0.717, 1.165) is 66.5 Å². The van der Waals surface area contributed by atoms with Crippen molar-refractivity contribution in [1.82, 2.24) is 24.8 Å². The molecule has 13 nitrogen and oxygen atoms in total. The van der Waals surface area contributed by atoms with E-state index in [1.807, 2.05) is 36.5 Å². The van der Waals surface area contributed by atoms with Crippen LogP contribution in [0.2, 0.25) is 0 Å². The Labute approximate surface area is 301 Å². The summed E-state index contributed by atoms with van der Waals surface area (Å²) < 4.78 is 28.2. The topological polar surface area (TPSA) is 153 Å². The minimum absolute atomic E-state index is 0.402. The van der Waals surface area contributed by atoms with Crippen molar-refractivity contribution in [3.05, 3.63) is 60.7 Å². The summed E-state index contributed by atoms with van der Waals surface area (Å²) in [5.74, 6) is 0.249. The Morgan fingerprint density at radius 1 is 0.784 bits per heavy atom. The van der Waals surface area contributed by atoms with E-state index in [1.54, 1.807) is 0 Å². The predicted octanol–water partition coefficient (Wildman–Crippen LogP) is 5.22. The lowest BCUT2D eigenvalue weighted by atomic mass is 10.1. The van der Waals surface area contributed by atoms with Crippen LogP contribution in [0.5, 0.6) is 0 Å². The molecule has 1 unspecified atom stereocenters. The summed E-state index contributed by atoms with van der Waals surface area (Å²) >= 11 is 0. The summed E-state index contributed by atoms with van der Waals surface area (Å²) in [5, 5.41) is 15.1. The van der Waals surface area contributed by atoms with Gasteiger partial charge in [-0.2, -0.15) is 0 Å². The number of ether oxygens (including phenoxy) is 5. The lowest BCUT2D eigenvalue weighted by Crippen LogP contribution is -2.37. The highest BCUT2D eigenvalue weighted by atomic mass is 16.6. The minimum atomic E-state index is -0.921. The van der Waals surface area contributed by atoms with Crippen LogP contribution < -0.4 is 5.32 Å². The number of benzene rings is 1. The molecule has 13 heteroatoms. The minimum Gasteiger partial charge on any atom is -0.480 e. The Hall–Kier alpha value is -3.72. The molecule has 0 amide bonds. The quantitative estimate of drug-likeness (QED) is 0.0635. The van der Waals surface area contributed by atoms with Crippen LogP contribution in [0.3, 0.4) is 0 Å². The van der Waals surface area contributed by atoms with Crippen LogP contribution in [0.15, 0.2) is 55.0 Å². The van der Waals surface area contributed by atoms with Crippen molar-refractivity contribution >= 4 is 33.7 Å². The lowest BCUT2D eigenvalue weighted by Gasteiger charge is -2.24. The number of carboxylic acids is 1. The first-order valence-electron chi connectivity index (χ1n) is 18.2. The van der Waals surface area contributed by atoms with Crippen LogP contribution in [0.25, 0.3) is 21.9 Å². The SMILES string of the molecule is CC(C)CCOCCOCCOCCOCCOCCN(CCCCc1ccc2cc[nH]c2n1)CCC(Nc1ncnc2ccccc12)C(=O)O. The number of pyridine rings is 1. The second-order valence-electron chi connectivity index (χ2n) is 12.8. The molecule has 51 heavy (non-hydrogen) atoms. The molecule has 1 atom stereocenters. The van der Waals surface area contributed by atoms with Crippen molar-refractivity contribution < 1.29 is 33.6 Å². The van der Waals surface area contributed by atoms with Crippen LogP contribution >= 0.6 is 0 Å². The van der Waals surface area contributed by atoms with E-state index >= 15 is 0 Å². The normalized spacial score (nSPS) is 12.4. The number of anilines is 1. The number of fused-ring (bicyclic) bond motifs is 2. The summed E-state index contributed by atoms with van der Waals surface area (Å²) in [6, 6.07) is 13.0. The molecule has 0 aliphatic rings. The molecular formula is C38H56N6O7. The molecule has 4 aromatic rings. The van der Waals surface area contributed by atoms with Crippen molar-refractivity contribution in [2.24, 2.45) is 5.92 Å². The fraction of sp³-hybridized carbons (Fsp3) is 0.579. The third kappa shape index (κ3) is 15.6. The Morgan fingerprint density at radius 3 is 2.18 bits per heavy atom. The van der Waals surface area contributed by atoms with Gasteiger partial charge in [-0.3, -0.25) is 0 Å². The molecule has 0 radical (unpaired) electrons. The second kappa shape index (κ2) is 23.7. The van der Waals surface area contributed by atoms with Gasteiger partial charge in [-0.05, 0) is 74.9 Å². The molecule has 0 bridgehead atoms. The lowest BCUT2D eigenvalue weighted by molar-refractivity contribution is -0.138. The van der Waals surface area contributed by atoms with Crippen molar-refractivity contribution in [1.29, 1.82) is 0 Å². The molecule has 3 heterocycles. The van der Waals surface area contributed by atoms with Crippen molar-refractivity contribution in [3.8, 4) is 0 Å². The average Bonchev–Trinajstić information content (AvgIpc) is 3.60. The number of hydrogen-bond acceptors (Lipinski definition) is 11. The number of carbonyl (C=O) groups is 1. The number of nitrogens with one attached hydrogen (secondary N) is 2. The molecule has 3 aromatic heterocycles. The van der Waals surface area contributed by atoms with Gasteiger partial charge in [0.2, 0.25) is 0 Å². The molecule has 0 aliphatic carbocycles. The Kier molecular flexibility index (Phi) is 18.6. The number of aromatic nitrogens is 4. The molecule has 280 valence electrons. The molecule has 0 saturated carbocycles. The number of unbranched alkanes of at least 4 members (excludes halogenated alkanes) is 1. The highest BCUT2D eigenvalue weighted by Crippen LogP contribution is 2.20. The number of H-pyrrole nitrogens is 1. The number of hydrogen-bond donors (Lipinski definition) is 3. The monoisotopic (exact) mass is 708 g/mol. The molecular weight excluding hydrogens is 652 g/mol. The number of para-hydroxylation sites is 1. The number of rotatable bonds is 29. The number of aliphatic carboxylic acids is 1. The van der Waals surface area contributed by atoms with Gasteiger partial charge in [-0.25, -0.2) is 19.7 Å². The maximum Gasteiger partial charge on any atom is 0.326 e. The third-order valence-corrected chi connectivity index (χ3v) is 8.39. The van der Waals surface area contributed by atoms with E-state index in [4.69, 9.17) is 28.7 Å². The van der Waals surface area contributed by atoms with Gasteiger partial charge in [0.25, 0.3) is 0 Å². The Balaban J connectivity index is 1.13. The highest BCUT2D eigenvalue weighted by molar-refractivity contribution is 5.90. The first-order chi connectivity index (χ1) is 25.0. The van der Waals surface area contributed by atoms with Crippen LogP contribution in [0.4, 0.5) is 5.82 Å². The van der Waals surface area contributed by atoms with Crippen molar-refractivity contribution in [2.45, 2.75) is 52.0 Å². The van der Waals surface area contributed by atoms with Gasteiger partial charge in [-0.15, -0.1) is 0 Å². The van der Waals surface area contributed by atoms with Gasteiger partial charge in [0, 0.05) is 42.4 Å². The zero-order valence-corrected chi connectivity index (χ0v) is 30.3. The average molecular weight is 709 g/mol. The smallest absolute Gasteiger partial charge is 0.326 e. The number of aromatic amines is 1. The largest absolute Gasteiger partial charge is 0.480 e. The maximum absolute atomic E-state index is 12.3. The van der Waals surface area contributed by atoms with Gasteiger partial charge >= 0.3 is 5.97 Å². The van der Waals surface area contributed by atoms with E-state index in [2.05, 4.69) is 51.1 Å². The summed E-state index contributed by atoms with van der Waals surface area (Å²) in [7, 11) is 0. The summed E-state index contributed by atoms with van der Waals surface area (Å²) in [4.78, 5) is 31.1. The van der Waals surface area contributed by atoms with Gasteiger partial charge in [0.05, 0.1) is 65.0 Å². The van der Waals surface area contributed by atoms with Crippen LogP contribution in [-0.4, -0.2) is 128 Å². The molecule has 0 aliphatic heterocycles. The standard InChI is InChI=1S/C38H56N6O7/c1-30(2)14-19-47-21-23-49-25-27-51-28-26-50-24-22-48-20-18-44(16-6-5-7-32-11-10-31-12-15-39-36(31)42-32)17-13-35(38(45)46)43-37-33-8-3-4-9-34(33)40-29-41-37/h3-4,8-12,15,29-30,35H,5-7,13-14,16-28H2,1-2H3,(H,39,42)(H,45,46)(H,40,41,43). The zero-order valence-electron chi connectivity index (χ0n) is 30.3. The van der Waals surface area contributed by atoms with Gasteiger partial charge in [0.1, 0.15) is 23.8 Å². The van der Waals surface area contributed by atoms with E-state index in [-0.39, 0.29) is 0 Å². The summed E-state index contributed by atoms with van der Waals surface area (Å²) in [5.41, 5.74) is 2.73. The maximum atomic E-state index is 12.3. The highest BCUT2D eigenvalue weighted by Gasteiger charge is 2.20. The van der Waals surface area contributed by atoms with E-state index < -0.39 is 12.0 Å². The fourth-order valence-corrected chi connectivity index (χ4v) is 5.44. The van der Waals surface area contributed by atoms with E-state index in [0.29, 0.717) is 90.7 Å². The Morgan fingerprint density at radius 2 is 1.47 bits per heavy atom. The van der Waals surface area contributed by atoms with Crippen molar-refractivity contribution in [2.75, 3.05) is 91.0 Å². The van der Waals surface area contributed by atoms with Crippen LogP contribution in [0, 0.1) is 5.92 Å². The van der Waals surface area contributed by atoms with Gasteiger partial charge in [-0.1, -0.05) is 26.0 Å². The molecule has 3 N–H and O–H groups in total. The number of aryl methyl sites for hydroxylation is 1. The molecule has 0 fully saturated rings. The first kappa shape index (κ1) is 40.1. The summed E-state index contributed by atoms with van der Waals surface area (Å²) in [6.07, 6.45) is 7.62. The van der Waals surface area contributed by atoms with E-state index in [9.17, 15) is 9.90 Å². The van der Waals surface area contributed by atoms with Crippen LogP contribution in [-0.2, 0) is 34.9 Å². The molecule has 0 spiro atoms. The Bertz CT molecular complexity index is 1530. The molecule has 0 saturated heterocycles. The number of carboxylic acid groups (broad SMARTS) is 1.